The van der Waals surface area contributed by atoms with Crippen molar-refractivity contribution in [3.05, 3.63) is 40.9 Å². The number of benzene rings is 1. The molecule has 0 atom stereocenters. The lowest BCUT2D eigenvalue weighted by molar-refractivity contribution is -0.131. The average Bonchev–Trinajstić information content (AvgIpc) is 2.17. The van der Waals surface area contributed by atoms with Gasteiger partial charge in [0.2, 0.25) is 0 Å². The van der Waals surface area contributed by atoms with E-state index in [1.54, 1.807) is 24.3 Å². The van der Waals surface area contributed by atoms with Gasteiger partial charge < -0.3 is 5.11 Å². The molecule has 68 valence electrons. The van der Waals surface area contributed by atoms with Crippen molar-refractivity contribution >= 4 is 34.2 Å². The number of halogens is 2. The van der Waals surface area contributed by atoms with Gasteiger partial charge in [-0.05, 0) is 5.56 Å². The number of rotatable bonds is 2. The molecule has 4 heteroatoms. The Morgan fingerprint density at radius 1 is 1.15 bits per heavy atom. The molecule has 0 amide bonds. The standard InChI is InChI=1S/C9H6Cl2O2/c10-7(8(11)9(12)13)6-4-2-1-3-5-6/h1-5H,(H,12,13)/b8-7-. The minimum atomic E-state index is -1.23. The number of carbonyl (C=O) groups is 1. The van der Waals surface area contributed by atoms with Crippen molar-refractivity contribution in [1.29, 1.82) is 0 Å². The maximum absolute atomic E-state index is 10.4. The Morgan fingerprint density at radius 3 is 2.15 bits per heavy atom. The van der Waals surface area contributed by atoms with Crippen molar-refractivity contribution < 1.29 is 9.90 Å². The number of carboxylic acids is 1. The van der Waals surface area contributed by atoms with Gasteiger partial charge in [0.1, 0.15) is 5.03 Å². The number of carboxylic acid groups (broad SMARTS) is 1. The van der Waals surface area contributed by atoms with Crippen LogP contribution in [0, 0.1) is 0 Å². The minimum Gasteiger partial charge on any atom is -0.477 e. The van der Waals surface area contributed by atoms with E-state index in [1.807, 2.05) is 6.07 Å². The molecule has 1 aromatic rings. The van der Waals surface area contributed by atoms with Crippen molar-refractivity contribution in [1.82, 2.24) is 0 Å². The number of hydrogen-bond donors (Lipinski definition) is 1. The first kappa shape index (κ1) is 10.1. The van der Waals surface area contributed by atoms with Crippen LogP contribution in [-0.2, 0) is 4.79 Å². The summed E-state index contributed by atoms with van der Waals surface area (Å²) in [5.41, 5.74) is 0.594. The van der Waals surface area contributed by atoms with Crippen LogP contribution in [-0.4, -0.2) is 11.1 Å². The van der Waals surface area contributed by atoms with Crippen molar-refractivity contribution in [3.8, 4) is 0 Å². The highest BCUT2D eigenvalue weighted by molar-refractivity contribution is 6.59. The molecule has 13 heavy (non-hydrogen) atoms. The van der Waals surface area contributed by atoms with Gasteiger partial charge in [0.15, 0.2) is 0 Å². The molecule has 2 nitrogen and oxygen atoms in total. The first-order chi connectivity index (χ1) is 6.13. The van der Waals surface area contributed by atoms with Gasteiger partial charge in [0.05, 0.1) is 5.03 Å². The van der Waals surface area contributed by atoms with E-state index in [0.717, 1.165) is 0 Å². The summed E-state index contributed by atoms with van der Waals surface area (Å²) in [7, 11) is 0. The van der Waals surface area contributed by atoms with Gasteiger partial charge in [-0.25, -0.2) is 4.79 Å². The molecular formula is C9H6Cl2O2. The fraction of sp³-hybridized carbons (Fsp3) is 0. The summed E-state index contributed by atoms with van der Waals surface area (Å²) in [6.45, 7) is 0. The Bertz CT molecular complexity index is 344. The van der Waals surface area contributed by atoms with Crippen molar-refractivity contribution in [2.75, 3.05) is 0 Å². The van der Waals surface area contributed by atoms with Crippen LogP contribution in [0.1, 0.15) is 5.56 Å². The van der Waals surface area contributed by atoms with Crippen LogP contribution in [0.2, 0.25) is 0 Å². The average molecular weight is 217 g/mol. The normalized spacial score (nSPS) is 12.2. The lowest BCUT2D eigenvalue weighted by Crippen LogP contribution is -1.95. The largest absolute Gasteiger partial charge is 0.477 e. The number of aliphatic carboxylic acids is 1. The van der Waals surface area contributed by atoms with Crippen LogP contribution in [0.5, 0.6) is 0 Å². The molecule has 0 unspecified atom stereocenters. The molecule has 0 saturated carbocycles. The second-order valence-electron chi connectivity index (χ2n) is 2.30. The molecule has 0 aliphatic heterocycles. The van der Waals surface area contributed by atoms with E-state index in [4.69, 9.17) is 28.3 Å². The molecule has 1 aromatic carbocycles. The fourth-order valence-corrected chi connectivity index (χ4v) is 1.12. The molecule has 0 fully saturated rings. The quantitative estimate of drug-likeness (QED) is 0.773. The Morgan fingerprint density at radius 2 is 1.69 bits per heavy atom. The summed E-state index contributed by atoms with van der Waals surface area (Å²) >= 11 is 11.2. The summed E-state index contributed by atoms with van der Waals surface area (Å²) in [6.07, 6.45) is 0. The van der Waals surface area contributed by atoms with Crippen LogP contribution in [0.3, 0.4) is 0 Å². The smallest absolute Gasteiger partial charge is 0.348 e. The zero-order valence-electron chi connectivity index (χ0n) is 6.50. The molecule has 1 rings (SSSR count). The number of hydrogen-bond acceptors (Lipinski definition) is 1. The second-order valence-corrected chi connectivity index (χ2v) is 3.06. The lowest BCUT2D eigenvalue weighted by Gasteiger charge is -1.99. The summed E-state index contributed by atoms with van der Waals surface area (Å²) in [5.74, 6) is -1.23. The van der Waals surface area contributed by atoms with Crippen molar-refractivity contribution in [3.63, 3.8) is 0 Å². The van der Waals surface area contributed by atoms with Crippen LogP contribution in [0.4, 0.5) is 0 Å². The van der Waals surface area contributed by atoms with E-state index in [0.29, 0.717) is 5.56 Å². The SMILES string of the molecule is O=C(O)/C(Cl)=C(/Cl)c1ccccc1. The van der Waals surface area contributed by atoms with Gasteiger partial charge in [0, 0.05) is 0 Å². The maximum atomic E-state index is 10.4. The molecule has 0 aliphatic carbocycles. The predicted octanol–water partition coefficient (Wildman–Crippen LogP) is 2.92. The molecule has 0 heterocycles. The zero-order chi connectivity index (χ0) is 9.84. The minimum absolute atomic E-state index is 0.0507. The van der Waals surface area contributed by atoms with E-state index >= 15 is 0 Å². The van der Waals surface area contributed by atoms with E-state index in [-0.39, 0.29) is 10.1 Å². The van der Waals surface area contributed by atoms with Crippen molar-refractivity contribution in [2.24, 2.45) is 0 Å². The zero-order valence-corrected chi connectivity index (χ0v) is 8.01. The highest BCUT2D eigenvalue weighted by atomic mass is 35.5. The molecule has 0 aromatic heterocycles. The molecular weight excluding hydrogens is 211 g/mol. The van der Waals surface area contributed by atoms with Crippen LogP contribution in [0.15, 0.2) is 35.4 Å². The second kappa shape index (κ2) is 4.30. The van der Waals surface area contributed by atoms with Gasteiger partial charge >= 0.3 is 5.97 Å². The summed E-state index contributed by atoms with van der Waals surface area (Å²) in [4.78, 5) is 10.4. The van der Waals surface area contributed by atoms with Gasteiger partial charge in [-0.15, -0.1) is 0 Å². The van der Waals surface area contributed by atoms with Crippen LogP contribution in [0.25, 0.3) is 5.03 Å². The molecule has 0 saturated heterocycles. The summed E-state index contributed by atoms with van der Waals surface area (Å²) in [6, 6.07) is 8.69. The molecule has 0 aliphatic rings. The van der Waals surface area contributed by atoms with Gasteiger partial charge in [-0.1, -0.05) is 53.5 Å². The highest BCUT2D eigenvalue weighted by Crippen LogP contribution is 2.24. The van der Waals surface area contributed by atoms with Gasteiger partial charge in [0.25, 0.3) is 0 Å². The van der Waals surface area contributed by atoms with Crippen molar-refractivity contribution in [2.45, 2.75) is 0 Å². The summed E-state index contributed by atoms with van der Waals surface area (Å²) in [5, 5.41) is 8.22. The van der Waals surface area contributed by atoms with E-state index in [1.165, 1.54) is 0 Å². The summed E-state index contributed by atoms with van der Waals surface area (Å²) < 4.78 is 0. The van der Waals surface area contributed by atoms with Gasteiger partial charge in [-0.3, -0.25) is 0 Å². The Labute approximate surface area is 85.4 Å². The van der Waals surface area contributed by atoms with E-state index < -0.39 is 5.97 Å². The Hall–Kier alpha value is -0.990. The first-order valence-corrected chi connectivity index (χ1v) is 4.22. The predicted molar refractivity (Wildman–Crippen MR) is 52.7 cm³/mol. The third-order valence-electron chi connectivity index (χ3n) is 1.41. The molecule has 0 bridgehead atoms. The Kier molecular flexibility index (Phi) is 3.34. The third kappa shape index (κ3) is 2.47. The molecule has 1 N–H and O–H groups in total. The highest BCUT2D eigenvalue weighted by Gasteiger charge is 2.10. The van der Waals surface area contributed by atoms with E-state index in [9.17, 15) is 4.79 Å². The molecule has 0 radical (unpaired) electrons. The van der Waals surface area contributed by atoms with Crippen LogP contribution >= 0.6 is 23.2 Å². The third-order valence-corrected chi connectivity index (χ3v) is 2.26. The molecule has 0 spiro atoms. The monoisotopic (exact) mass is 216 g/mol. The maximum Gasteiger partial charge on any atom is 0.348 e. The first-order valence-electron chi connectivity index (χ1n) is 3.47. The van der Waals surface area contributed by atoms with Crippen LogP contribution < -0.4 is 0 Å². The van der Waals surface area contributed by atoms with E-state index in [2.05, 4.69) is 0 Å². The Balaban J connectivity index is 3.11. The lowest BCUT2D eigenvalue weighted by atomic mass is 10.2. The fourth-order valence-electron chi connectivity index (χ4n) is 0.805. The topological polar surface area (TPSA) is 37.3 Å². The van der Waals surface area contributed by atoms with Gasteiger partial charge in [-0.2, -0.15) is 0 Å².